The summed E-state index contributed by atoms with van der Waals surface area (Å²) in [7, 11) is 0. The highest BCUT2D eigenvalue weighted by atomic mass is 15.4. The average molecular weight is 129 g/mol. The molecule has 9 heavy (non-hydrogen) atoms. The van der Waals surface area contributed by atoms with Crippen LogP contribution in [0.5, 0.6) is 0 Å². The van der Waals surface area contributed by atoms with Crippen LogP contribution in [0.3, 0.4) is 0 Å². The zero-order chi connectivity index (χ0) is 6.69. The molecule has 0 aromatic carbocycles. The first-order valence-corrected chi connectivity index (χ1v) is 3.52. The minimum Gasteiger partial charge on any atom is -0.330 e. The largest absolute Gasteiger partial charge is 0.330 e. The van der Waals surface area contributed by atoms with Crippen LogP contribution >= 0.6 is 0 Å². The zero-order valence-corrected chi connectivity index (χ0v) is 5.71. The van der Waals surface area contributed by atoms with Gasteiger partial charge in [0.15, 0.2) is 0 Å². The fourth-order valence-electron chi connectivity index (χ4n) is 1.29. The van der Waals surface area contributed by atoms with Crippen molar-refractivity contribution in [3.05, 3.63) is 0 Å². The Bertz CT molecular complexity index is 84.4. The van der Waals surface area contributed by atoms with E-state index in [0.29, 0.717) is 5.92 Å². The highest BCUT2D eigenvalue weighted by molar-refractivity contribution is 4.69. The molecule has 3 heteroatoms. The summed E-state index contributed by atoms with van der Waals surface area (Å²) < 4.78 is 0. The fourth-order valence-corrected chi connectivity index (χ4v) is 1.29. The van der Waals surface area contributed by atoms with Crippen molar-refractivity contribution >= 4 is 0 Å². The summed E-state index contributed by atoms with van der Waals surface area (Å²) >= 11 is 0. The standard InChI is InChI=1S/C6H15N3/c7-4-6-2-1-3-9(8)5-6/h6H,1-5,7-8H2. The summed E-state index contributed by atoms with van der Waals surface area (Å²) in [6.07, 6.45) is 2.46. The van der Waals surface area contributed by atoms with Gasteiger partial charge >= 0.3 is 0 Å². The zero-order valence-electron chi connectivity index (χ0n) is 5.71. The first-order chi connectivity index (χ1) is 4.33. The molecule has 3 nitrogen and oxygen atoms in total. The van der Waals surface area contributed by atoms with Crippen molar-refractivity contribution in [2.24, 2.45) is 17.5 Å². The molecule has 54 valence electrons. The molecule has 1 heterocycles. The first-order valence-electron chi connectivity index (χ1n) is 3.52. The summed E-state index contributed by atoms with van der Waals surface area (Å²) in [6.45, 7) is 2.81. The predicted molar refractivity (Wildman–Crippen MR) is 37.5 cm³/mol. The van der Waals surface area contributed by atoms with E-state index in [9.17, 15) is 0 Å². The molecule has 0 spiro atoms. The first kappa shape index (κ1) is 6.99. The van der Waals surface area contributed by atoms with Gasteiger partial charge in [0.2, 0.25) is 0 Å². The SMILES string of the molecule is NCC1CCCN(N)C1. The number of hydrogen-bond acceptors (Lipinski definition) is 3. The monoisotopic (exact) mass is 129 g/mol. The molecule has 4 N–H and O–H groups in total. The summed E-state index contributed by atoms with van der Waals surface area (Å²) in [4.78, 5) is 0. The summed E-state index contributed by atoms with van der Waals surface area (Å²) in [6, 6.07) is 0. The van der Waals surface area contributed by atoms with Gasteiger partial charge in [-0.2, -0.15) is 0 Å². The van der Waals surface area contributed by atoms with Gasteiger partial charge in [0.1, 0.15) is 0 Å². The molecule has 1 atom stereocenters. The Morgan fingerprint density at radius 3 is 2.78 bits per heavy atom. The van der Waals surface area contributed by atoms with Crippen LogP contribution in [0.1, 0.15) is 12.8 Å². The van der Waals surface area contributed by atoms with Gasteiger partial charge in [-0.05, 0) is 25.3 Å². The maximum atomic E-state index is 5.58. The van der Waals surface area contributed by atoms with Crippen molar-refractivity contribution in [3.8, 4) is 0 Å². The normalized spacial score (nSPS) is 30.7. The third-order valence-electron chi connectivity index (χ3n) is 1.88. The van der Waals surface area contributed by atoms with E-state index in [4.69, 9.17) is 11.6 Å². The third kappa shape index (κ3) is 1.93. The molecule has 1 saturated heterocycles. The van der Waals surface area contributed by atoms with Crippen molar-refractivity contribution in [2.45, 2.75) is 12.8 Å². The van der Waals surface area contributed by atoms with Gasteiger partial charge in [0, 0.05) is 13.1 Å². The molecule has 1 fully saturated rings. The average Bonchev–Trinajstić information content (AvgIpc) is 1.88. The molecule has 0 saturated carbocycles. The lowest BCUT2D eigenvalue weighted by molar-refractivity contribution is 0.181. The maximum Gasteiger partial charge on any atom is 0.0169 e. The fraction of sp³-hybridized carbons (Fsp3) is 1.00. The minimum atomic E-state index is 0.642. The Kier molecular flexibility index (Phi) is 2.45. The Morgan fingerprint density at radius 2 is 2.33 bits per heavy atom. The van der Waals surface area contributed by atoms with Crippen LogP contribution in [0.25, 0.3) is 0 Å². The van der Waals surface area contributed by atoms with Crippen molar-refractivity contribution in [1.82, 2.24) is 5.01 Å². The quantitative estimate of drug-likeness (QED) is 0.471. The molecule has 1 aliphatic heterocycles. The lowest BCUT2D eigenvalue weighted by Crippen LogP contribution is -2.42. The summed E-state index contributed by atoms with van der Waals surface area (Å²) in [5, 5.41) is 1.86. The van der Waals surface area contributed by atoms with Crippen molar-refractivity contribution in [3.63, 3.8) is 0 Å². The van der Waals surface area contributed by atoms with Gasteiger partial charge in [-0.15, -0.1) is 0 Å². The molecule has 0 bridgehead atoms. The number of nitrogens with zero attached hydrogens (tertiary/aromatic N) is 1. The number of hydrazine groups is 1. The molecule has 1 rings (SSSR count). The van der Waals surface area contributed by atoms with Crippen LogP contribution in [-0.2, 0) is 0 Å². The molecule has 0 radical (unpaired) electrons. The van der Waals surface area contributed by atoms with Crippen molar-refractivity contribution in [1.29, 1.82) is 0 Å². The molecule has 0 aliphatic carbocycles. The highest BCUT2D eigenvalue weighted by Gasteiger charge is 2.14. The van der Waals surface area contributed by atoms with Gasteiger partial charge in [-0.25, -0.2) is 5.01 Å². The van der Waals surface area contributed by atoms with Crippen LogP contribution in [-0.4, -0.2) is 24.6 Å². The lowest BCUT2D eigenvalue weighted by atomic mass is 10.00. The summed E-state index contributed by atoms with van der Waals surface area (Å²) in [5.74, 6) is 6.22. The summed E-state index contributed by atoms with van der Waals surface area (Å²) in [5.41, 5.74) is 5.48. The second-order valence-corrected chi connectivity index (χ2v) is 2.74. The molecule has 0 aromatic rings. The van der Waals surface area contributed by atoms with Crippen molar-refractivity contribution in [2.75, 3.05) is 19.6 Å². The van der Waals surface area contributed by atoms with E-state index >= 15 is 0 Å². The van der Waals surface area contributed by atoms with E-state index < -0.39 is 0 Å². The Balaban J connectivity index is 2.23. The van der Waals surface area contributed by atoms with Crippen LogP contribution in [0.4, 0.5) is 0 Å². The molecular weight excluding hydrogens is 114 g/mol. The topological polar surface area (TPSA) is 55.3 Å². The second kappa shape index (κ2) is 3.15. The number of rotatable bonds is 1. The molecular formula is C6H15N3. The van der Waals surface area contributed by atoms with E-state index in [1.54, 1.807) is 0 Å². The van der Waals surface area contributed by atoms with E-state index in [0.717, 1.165) is 19.6 Å². The molecule has 0 aromatic heterocycles. The lowest BCUT2D eigenvalue weighted by Gasteiger charge is -2.27. The highest BCUT2D eigenvalue weighted by Crippen LogP contribution is 2.11. The van der Waals surface area contributed by atoms with Gasteiger partial charge in [-0.1, -0.05) is 0 Å². The Morgan fingerprint density at radius 1 is 1.56 bits per heavy atom. The number of piperidine rings is 1. The van der Waals surface area contributed by atoms with Crippen LogP contribution in [0, 0.1) is 5.92 Å². The van der Waals surface area contributed by atoms with E-state index in [1.807, 2.05) is 5.01 Å². The van der Waals surface area contributed by atoms with Crippen LogP contribution < -0.4 is 11.6 Å². The van der Waals surface area contributed by atoms with Gasteiger partial charge in [0.05, 0.1) is 0 Å². The van der Waals surface area contributed by atoms with E-state index in [2.05, 4.69) is 0 Å². The van der Waals surface area contributed by atoms with E-state index in [-0.39, 0.29) is 0 Å². The van der Waals surface area contributed by atoms with Gasteiger partial charge < -0.3 is 5.73 Å². The number of hydrogen-bond donors (Lipinski definition) is 2. The molecule has 1 unspecified atom stereocenters. The predicted octanol–water partition coefficient (Wildman–Crippen LogP) is -0.469. The minimum absolute atomic E-state index is 0.642. The Labute approximate surface area is 56.0 Å². The molecule has 1 aliphatic rings. The smallest absolute Gasteiger partial charge is 0.0169 e. The van der Waals surface area contributed by atoms with Gasteiger partial charge in [0.25, 0.3) is 0 Å². The van der Waals surface area contributed by atoms with E-state index in [1.165, 1.54) is 12.8 Å². The van der Waals surface area contributed by atoms with Crippen molar-refractivity contribution < 1.29 is 0 Å². The maximum absolute atomic E-state index is 5.58. The van der Waals surface area contributed by atoms with Crippen LogP contribution in [0.15, 0.2) is 0 Å². The Hall–Kier alpha value is -0.120. The second-order valence-electron chi connectivity index (χ2n) is 2.74. The number of nitrogens with two attached hydrogens (primary N) is 2. The van der Waals surface area contributed by atoms with Crippen LogP contribution in [0.2, 0.25) is 0 Å². The molecule has 0 amide bonds. The van der Waals surface area contributed by atoms with Gasteiger partial charge in [-0.3, -0.25) is 5.84 Å². The third-order valence-corrected chi connectivity index (χ3v) is 1.88.